The highest BCUT2D eigenvalue weighted by Gasteiger charge is 2.44. The molecule has 140 valence electrons. The first-order valence-corrected chi connectivity index (χ1v) is 9.73. The number of carbonyl (C=O) groups excluding carboxylic acids is 1. The van der Waals surface area contributed by atoms with Gasteiger partial charge in [0.2, 0.25) is 5.60 Å². The van der Waals surface area contributed by atoms with Gasteiger partial charge in [0.05, 0.1) is 0 Å². The van der Waals surface area contributed by atoms with E-state index in [1.165, 1.54) is 7.11 Å². The van der Waals surface area contributed by atoms with E-state index < -0.39 is 11.6 Å². The van der Waals surface area contributed by atoms with Gasteiger partial charge in [-0.3, -0.25) is 4.90 Å². The number of halogens is 1. The molecule has 0 aliphatic heterocycles. The van der Waals surface area contributed by atoms with Gasteiger partial charge < -0.3 is 9.47 Å². The fraction of sp³-hybridized carbons (Fsp3) is 0.381. The average Bonchev–Trinajstić information content (AvgIpc) is 2.70. The van der Waals surface area contributed by atoms with Crippen LogP contribution in [0.2, 0.25) is 0 Å². The SMILES string of the molecule is CCN(CC)C(Br)COC(=O)C(OC)(c1ccccc1)c1ccccc1. The molecule has 0 amide bonds. The minimum atomic E-state index is -1.29. The number of carbonyl (C=O) groups is 1. The second-order valence-electron chi connectivity index (χ2n) is 5.87. The van der Waals surface area contributed by atoms with Gasteiger partial charge in [0.15, 0.2) is 0 Å². The van der Waals surface area contributed by atoms with Crippen LogP contribution in [0.15, 0.2) is 60.7 Å². The normalized spacial score (nSPS) is 12.8. The summed E-state index contributed by atoms with van der Waals surface area (Å²) in [6.45, 7) is 6.14. The number of ether oxygens (including phenoxy) is 2. The summed E-state index contributed by atoms with van der Waals surface area (Å²) in [4.78, 5) is 15.3. The van der Waals surface area contributed by atoms with E-state index in [0.29, 0.717) is 0 Å². The van der Waals surface area contributed by atoms with E-state index in [1.54, 1.807) is 0 Å². The van der Waals surface area contributed by atoms with Crippen LogP contribution >= 0.6 is 15.9 Å². The molecule has 0 aliphatic carbocycles. The van der Waals surface area contributed by atoms with E-state index in [0.717, 1.165) is 24.2 Å². The van der Waals surface area contributed by atoms with Crippen molar-refractivity contribution >= 4 is 21.9 Å². The van der Waals surface area contributed by atoms with Crippen molar-refractivity contribution < 1.29 is 14.3 Å². The van der Waals surface area contributed by atoms with Crippen molar-refractivity contribution in [1.29, 1.82) is 0 Å². The van der Waals surface area contributed by atoms with Crippen molar-refractivity contribution in [2.45, 2.75) is 24.4 Å². The Bertz CT molecular complexity index is 635. The molecular weight excluding hydrogens is 394 g/mol. The van der Waals surface area contributed by atoms with E-state index >= 15 is 0 Å². The van der Waals surface area contributed by atoms with Crippen molar-refractivity contribution in [3.05, 3.63) is 71.8 Å². The van der Waals surface area contributed by atoms with Crippen molar-refractivity contribution in [2.75, 3.05) is 26.8 Å². The number of alkyl halides is 1. The standard InChI is InChI=1S/C21H26BrNO3/c1-4-23(5-2)19(22)16-26-20(24)21(25-3,17-12-8-6-9-13-17)18-14-10-7-11-15-18/h6-15,19H,4-5,16H2,1-3H3. The number of rotatable bonds is 9. The number of nitrogens with zero attached hydrogens (tertiary/aromatic N) is 1. The highest BCUT2D eigenvalue weighted by atomic mass is 79.9. The molecule has 0 aromatic heterocycles. The number of likely N-dealkylation sites (N-methyl/N-ethyl adjacent to an activating group) is 1. The fourth-order valence-electron chi connectivity index (χ4n) is 3.04. The molecule has 5 heteroatoms. The van der Waals surface area contributed by atoms with Crippen LogP contribution in [0.1, 0.15) is 25.0 Å². The van der Waals surface area contributed by atoms with E-state index in [9.17, 15) is 4.79 Å². The van der Waals surface area contributed by atoms with Gasteiger partial charge in [-0.1, -0.05) is 90.4 Å². The zero-order chi connectivity index (χ0) is 19.0. The third-order valence-electron chi connectivity index (χ3n) is 4.51. The van der Waals surface area contributed by atoms with Crippen molar-refractivity contribution in [1.82, 2.24) is 4.90 Å². The Balaban J connectivity index is 2.34. The number of methoxy groups -OCH3 is 1. The molecule has 0 N–H and O–H groups in total. The maximum atomic E-state index is 13.2. The van der Waals surface area contributed by atoms with Crippen molar-refractivity contribution in [3.63, 3.8) is 0 Å². The largest absolute Gasteiger partial charge is 0.460 e. The quantitative estimate of drug-likeness (QED) is 0.347. The molecule has 4 nitrogen and oxygen atoms in total. The summed E-state index contributed by atoms with van der Waals surface area (Å²) in [5.41, 5.74) is 0.193. The fourth-order valence-corrected chi connectivity index (χ4v) is 3.75. The molecule has 0 radical (unpaired) electrons. The maximum absolute atomic E-state index is 13.2. The molecule has 2 rings (SSSR count). The van der Waals surface area contributed by atoms with E-state index in [2.05, 4.69) is 34.7 Å². The zero-order valence-electron chi connectivity index (χ0n) is 15.5. The van der Waals surface area contributed by atoms with Crippen LogP contribution in [0, 0.1) is 0 Å². The lowest BCUT2D eigenvalue weighted by molar-refractivity contribution is -0.166. The maximum Gasteiger partial charge on any atom is 0.347 e. The summed E-state index contributed by atoms with van der Waals surface area (Å²) < 4.78 is 11.5. The Morgan fingerprint density at radius 2 is 1.46 bits per heavy atom. The van der Waals surface area contributed by atoms with Crippen LogP contribution in [0.25, 0.3) is 0 Å². The van der Waals surface area contributed by atoms with Gasteiger partial charge in [0.25, 0.3) is 0 Å². The highest BCUT2D eigenvalue weighted by molar-refractivity contribution is 9.09. The molecule has 0 saturated heterocycles. The number of benzene rings is 2. The minimum Gasteiger partial charge on any atom is -0.460 e. The molecule has 0 heterocycles. The van der Waals surface area contributed by atoms with E-state index in [4.69, 9.17) is 9.47 Å². The van der Waals surface area contributed by atoms with E-state index in [1.807, 2.05) is 60.7 Å². The molecule has 0 aliphatic rings. The molecule has 26 heavy (non-hydrogen) atoms. The Morgan fingerprint density at radius 1 is 1.00 bits per heavy atom. The van der Waals surface area contributed by atoms with E-state index in [-0.39, 0.29) is 11.6 Å². The van der Waals surface area contributed by atoms with Crippen LogP contribution in [-0.4, -0.2) is 42.6 Å². The van der Waals surface area contributed by atoms with Gasteiger partial charge >= 0.3 is 5.97 Å². The van der Waals surface area contributed by atoms with Gasteiger partial charge in [-0.05, 0) is 24.2 Å². The smallest absolute Gasteiger partial charge is 0.347 e. The molecule has 2 aromatic rings. The van der Waals surface area contributed by atoms with Gasteiger partial charge in [-0.2, -0.15) is 0 Å². The zero-order valence-corrected chi connectivity index (χ0v) is 17.1. The molecule has 0 saturated carbocycles. The third-order valence-corrected chi connectivity index (χ3v) is 5.36. The second-order valence-corrected chi connectivity index (χ2v) is 6.93. The molecule has 2 aromatic carbocycles. The average molecular weight is 420 g/mol. The number of esters is 1. The predicted molar refractivity (Wildman–Crippen MR) is 107 cm³/mol. The Morgan fingerprint density at radius 3 is 1.85 bits per heavy atom. The van der Waals surface area contributed by atoms with Gasteiger partial charge in [-0.25, -0.2) is 4.79 Å². The summed E-state index contributed by atoms with van der Waals surface area (Å²) in [7, 11) is 1.54. The lowest BCUT2D eigenvalue weighted by Gasteiger charge is -2.32. The lowest BCUT2D eigenvalue weighted by atomic mass is 9.86. The van der Waals surface area contributed by atoms with Crippen LogP contribution in [0.4, 0.5) is 0 Å². The first-order valence-electron chi connectivity index (χ1n) is 8.81. The number of hydrogen-bond acceptors (Lipinski definition) is 4. The monoisotopic (exact) mass is 419 g/mol. The van der Waals surface area contributed by atoms with Gasteiger partial charge in [0.1, 0.15) is 11.6 Å². The Labute approximate surface area is 164 Å². The topological polar surface area (TPSA) is 38.8 Å². The summed E-state index contributed by atoms with van der Waals surface area (Å²) in [6.07, 6.45) is 0. The molecule has 1 unspecified atom stereocenters. The van der Waals surface area contributed by atoms with Gasteiger partial charge in [-0.15, -0.1) is 0 Å². The summed E-state index contributed by atoms with van der Waals surface area (Å²) >= 11 is 3.60. The van der Waals surface area contributed by atoms with Crippen LogP contribution < -0.4 is 0 Å². The summed E-state index contributed by atoms with van der Waals surface area (Å²) in [6, 6.07) is 18.9. The summed E-state index contributed by atoms with van der Waals surface area (Å²) in [5.74, 6) is -0.422. The number of hydrogen-bond donors (Lipinski definition) is 0. The van der Waals surface area contributed by atoms with Crippen LogP contribution in [-0.2, 0) is 19.9 Å². The Kier molecular flexibility index (Phi) is 7.82. The lowest BCUT2D eigenvalue weighted by Crippen LogP contribution is -2.43. The third kappa shape index (κ3) is 4.34. The van der Waals surface area contributed by atoms with Crippen LogP contribution in [0.5, 0.6) is 0 Å². The van der Waals surface area contributed by atoms with Gasteiger partial charge in [0, 0.05) is 7.11 Å². The molecule has 0 fully saturated rings. The second kappa shape index (κ2) is 9.86. The summed E-state index contributed by atoms with van der Waals surface area (Å²) in [5, 5.41) is 0. The minimum absolute atomic E-state index is 0.0393. The predicted octanol–water partition coefficient (Wildman–Crippen LogP) is 4.18. The first-order chi connectivity index (χ1) is 12.6. The van der Waals surface area contributed by atoms with Crippen LogP contribution in [0.3, 0.4) is 0 Å². The van der Waals surface area contributed by atoms with Crippen molar-refractivity contribution in [2.24, 2.45) is 0 Å². The molecular formula is C21H26BrNO3. The molecule has 0 spiro atoms. The highest BCUT2D eigenvalue weighted by Crippen LogP contribution is 2.34. The van der Waals surface area contributed by atoms with Crippen molar-refractivity contribution in [3.8, 4) is 0 Å². The molecule has 1 atom stereocenters. The Hall–Kier alpha value is -1.69. The first kappa shape index (κ1) is 20.6. The molecule has 0 bridgehead atoms.